The Hall–Kier alpha value is -3.03. The molecule has 0 N–H and O–H groups in total. The molecule has 0 fully saturated rings. The van der Waals surface area contributed by atoms with Crippen LogP contribution < -0.4 is 0 Å². The normalized spacial score (nSPS) is 18.6. The van der Waals surface area contributed by atoms with Gasteiger partial charge in [0.2, 0.25) is 0 Å². The lowest BCUT2D eigenvalue weighted by molar-refractivity contribution is -0.275. The van der Waals surface area contributed by atoms with Crippen molar-refractivity contribution >= 4 is 39.7 Å². The molecule has 1 aliphatic heterocycles. The van der Waals surface area contributed by atoms with E-state index in [0.29, 0.717) is 5.56 Å². The number of rotatable bonds is 3. The smallest absolute Gasteiger partial charge is 0.374 e. The molecule has 0 saturated heterocycles. The van der Waals surface area contributed by atoms with E-state index in [4.69, 9.17) is 28.0 Å². The van der Waals surface area contributed by atoms with E-state index in [9.17, 15) is 13.2 Å². The Morgan fingerprint density at radius 1 is 0.969 bits per heavy atom. The summed E-state index contributed by atoms with van der Waals surface area (Å²) < 4.78 is 44.8. The number of benzene rings is 3. The summed E-state index contributed by atoms with van der Waals surface area (Å²) in [4.78, 5) is 9.22. The molecule has 32 heavy (non-hydrogen) atoms. The standard InChI is InChI=1S/C23H14Cl2F3N3O/c24-15-9-14(10-16(25)11-15)22(23(26,27)28)12-20(30-32-22)18-5-6-21(31-8-7-29-13-31)19-4-2-1-3-17(18)19/h1-11,13H,12H2. The van der Waals surface area contributed by atoms with Crippen LogP contribution in [0.15, 0.2) is 78.5 Å². The van der Waals surface area contributed by atoms with Gasteiger partial charge in [0, 0.05) is 45.4 Å². The molecule has 0 radical (unpaired) electrons. The van der Waals surface area contributed by atoms with Crippen LogP contribution in [0.3, 0.4) is 0 Å². The predicted molar refractivity (Wildman–Crippen MR) is 118 cm³/mol. The summed E-state index contributed by atoms with van der Waals surface area (Å²) in [5.41, 5.74) is -1.28. The maximum Gasteiger partial charge on any atom is 0.435 e. The lowest BCUT2D eigenvalue weighted by Crippen LogP contribution is -2.42. The van der Waals surface area contributed by atoms with Crippen LogP contribution in [0.25, 0.3) is 16.5 Å². The van der Waals surface area contributed by atoms with Gasteiger partial charge in [-0.05, 0) is 29.7 Å². The lowest BCUT2D eigenvalue weighted by atomic mass is 9.85. The van der Waals surface area contributed by atoms with E-state index in [1.807, 2.05) is 34.9 Å². The van der Waals surface area contributed by atoms with Gasteiger partial charge in [-0.15, -0.1) is 0 Å². The van der Waals surface area contributed by atoms with Crippen LogP contribution >= 0.6 is 23.2 Å². The monoisotopic (exact) mass is 475 g/mol. The molecule has 1 aliphatic rings. The third-order valence-electron chi connectivity index (χ3n) is 5.51. The van der Waals surface area contributed by atoms with Crippen molar-refractivity contribution in [2.45, 2.75) is 18.2 Å². The first kappa shape index (κ1) is 20.8. The number of hydrogen-bond donors (Lipinski definition) is 0. The topological polar surface area (TPSA) is 39.4 Å². The highest BCUT2D eigenvalue weighted by Gasteiger charge is 2.62. The second kappa shape index (κ2) is 7.53. The molecule has 1 aromatic heterocycles. The Morgan fingerprint density at radius 2 is 1.69 bits per heavy atom. The summed E-state index contributed by atoms with van der Waals surface area (Å²) in [6.45, 7) is 0. The van der Waals surface area contributed by atoms with Crippen molar-refractivity contribution in [2.24, 2.45) is 5.16 Å². The molecule has 9 heteroatoms. The highest BCUT2D eigenvalue weighted by Crippen LogP contribution is 2.50. The van der Waals surface area contributed by atoms with E-state index in [1.54, 1.807) is 24.8 Å². The SMILES string of the molecule is FC(F)(F)C1(c2cc(Cl)cc(Cl)c2)CC(c2ccc(-n3ccnc3)c3ccccc23)=NO1. The van der Waals surface area contributed by atoms with Crippen LogP contribution in [0, 0.1) is 0 Å². The molecule has 3 aromatic carbocycles. The van der Waals surface area contributed by atoms with Gasteiger partial charge in [0.15, 0.2) is 0 Å². The fourth-order valence-electron chi connectivity index (χ4n) is 4.00. The van der Waals surface area contributed by atoms with Crippen LogP contribution in [0.5, 0.6) is 0 Å². The second-order valence-corrected chi connectivity index (χ2v) is 8.31. The summed E-state index contributed by atoms with van der Waals surface area (Å²) in [5.74, 6) is 0. The Morgan fingerprint density at radius 3 is 2.34 bits per heavy atom. The summed E-state index contributed by atoms with van der Waals surface area (Å²) in [6.07, 6.45) is -0.143. The van der Waals surface area contributed by atoms with E-state index in [2.05, 4.69) is 10.1 Å². The molecular formula is C23H14Cl2F3N3O. The summed E-state index contributed by atoms with van der Waals surface area (Å²) >= 11 is 12.0. The third kappa shape index (κ3) is 3.32. The number of nitrogens with zero attached hydrogens (tertiary/aromatic N) is 3. The van der Waals surface area contributed by atoms with Gasteiger partial charge in [-0.3, -0.25) is 0 Å². The van der Waals surface area contributed by atoms with Crippen molar-refractivity contribution in [1.82, 2.24) is 9.55 Å². The molecule has 0 spiro atoms. The Labute approximate surface area is 190 Å². The van der Waals surface area contributed by atoms with Crippen LogP contribution in [-0.2, 0) is 10.4 Å². The third-order valence-corrected chi connectivity index (χ3v) is 5.95. The molecular weight excluding hydrogens is 462 g/mol. The Bertz CT molecular complexity index is 1330. The number of aromatic nitrogens is 2. The van der Waals surface area contributed by atoms with Gasteiger partial charge in [0.05, 0.1) is 17.7 Å². The fourth-order valence-corrected chi connectivity index (χ4v) is 4.52. The molecule has 4 aromatic rings. The first-order valence-electron chi connectivity index (χ1n) is 9.57. The van der Waals surface area contributed by atoms with Gasteiger partial charge < -0.3 is 9.40 Å². The molecule has 1 unspecified atom stereocenters. The predicted octanol–water partition coefficient (Wildman–Crippen LogP) is 6.91. The number of imidazole rings is 1. The van der Waals surface area contributed by atoms with E-state index in [-0.39, 0.29) is 21.3 Å². The van der Waals surface area contributed by atoms with Gasteiger partial charge in [-0.25, -0.2) is 4.98 Å². The van der Waals surface area contributed by atoms with Crippen molar-refractivity contribution in [3.8, 4) is 5.69 Å². The molecule has 0 saturated carbocycles. The molecule has 162 valence electrons. The molecule has 0 bridgehead atoms. The number of halogens is 5. The molecule has 4 nitrogen and oxygen atoms in total. The maximum absolute atomic E-state index is 14.3. The minimum absolute atomic E-state index is 0.0864. The number of oxime groups is 1. The van der Waals surface area contributed by atoms with Gasteiger partial charge >= 0.3 is 6.18 Å². The van der Waals surface area contributed by atoms with Crippen molar-refractivity contribution < 1.29 is 18.0 Å². The first-order chi connectivity index (χ1) is 15.3. The van der Waals surface area contributed by atoms with Crippen LogP contribution in [0.4, 0.5) is 13.2 Å². The van der Waals surface area contributed by atoms with Gasteiger partial charge in [-0.1, -0.05) is 58.7 Å². The van der Waals surface area contributed by atoms with E-state index in [1.165, 1.54) is 18.2 Å². The van der Waals surface area contributed by atoms with Crippen molar-refractivity contribution in [1.29, 1.82) is 0 Å². The van der Waals surface area contributed by atoms with E-state index in [0.717, 1.165) is 16.5 Å². The Kier molecular flexibility index (Phi) is 4.91. The quantitative estimate of drug-likeness (QED) is 0.322. The first-order valence-corrected chi connectivity index (χ1v) is 10.3. The number of alkyl halides is 3. The maximum atomic E-state index is 14.3. The summed E-state index contributed by atoms with van der Waals surface area (Å²) in [5, 5.41) is 5.67. The zero-order valence-electron chi connectivity index (χ0n) is 16.3. The van der Waals surface area contributed by atoms with Gasteiger partial charge in [0.25, 0.3) is 5.60 Å². The number of hydrogen-bond acceptors (Lipinski definition) is 3. The van der Waals surface area contributed by atoms with Crippen LogP contribution in [0.2, 0.25) is 10.0 Å². The van der Waals surface area contributed by atoms with Crippen molar-refractivity contribution in [2.75, 3.05) is 0 Å². The molecule has 5 rings (SSSR count). The zero-order valence-corrected chi connectivity index (χ0v) is 17.8. The number of fused-ring (bicyclic) bond motifs is 1. The summed E-state index contributed by atoms with van der Waals surface area (Å²) in [6, 6.07) is 14.8. The van der Waals surface area contributed by atoms with Crippen LogP contribution in [-0.4, -0.2) is 21.4 Å². The summed E-state index contributed by atoms with van der Waals surface area (Å²) in [7, 11) is 0. The zero-order chi connectivity index (χ0) is 22.5. The molecule has 0 amide bonds. The Balaban J connectivity index is 1.62. The minimum atomic E-state index is -4.75. The molecule has 0 aliphatic carbocycles. The highest BCUT2D eigenvalue weighted by atomic mass is 35.5. The largest absolute Gasteiger partial charge is 0.435 e. The minimum Gasteiger partial charge on any atom is -0.374 e. The average Bonchev–Trinajstić information content (AvgIpc) is 3.43. The van der Waals surface area contributed by atoms with E-state index >= 15 is 0 Å². The molecule has 1 atom stereocenters. The van der Waals surface area contributed by atoms with Gasteiger partial charge in [0.1, 0.15) is 0 Å². The van der Waals surface area contributed by atoms with Crippen molar-refractivity contribution in [3.63, 3.8) is 0 Å². The molecule has 2 heterocycles. The van der Waals surface area contributed by atoms with E-state index < -0.39 is 18.2 Å². The van der Waals surface area contributed by atoms with Crippen molar-refractivity contribution in [3.05, 3.63) is 94.5 Å². The highest BCUT2D eigenvalue weighted by molar-refractivity contribution is 6.34. The fraction of sp³-hybridized carbons (Fsp3) is 0.130. The second-order valence-electron chi connectivity index (χ2n) is 7.44. The van der Waals surface area contributed by atoms with Crippen LogP contribution in [0.1, 0.15) is 17.5 Å². The lowest BCUT2D eigenvalue weighted by Gasteiger charge is -2.29. The average molecular weight is 476 g/mol. The van der Waals surface area contributed by atoms with Gasteiger partial charge in [-0.2, -0.15) is 13.2 Å².